The van der Waals surface area contributed by atoms with Gasteiger partial charge in [-0.25, -0.2) is 15.3 Å². The molecular formula is C27H32N2O6. The minimum Gasteiger partial charge on any atom is -0.444 e. The standard InChI is InChI=1S/C23H26N2O2.C4H6O4/c26-23(27-21-16-24-13-10-18(21)11-14-24)25-15-12-17-6-4-5-9-20(17)22(25)19-7-2-1-3-8-19;1-3(7-5)4(2)8-6/h1-9,18,21-22H,10-16H2;5-6H,1-2H2/t21-,22-;/m0./s1. The monoisotopic (exact) mass is 480 g/mol. The maximum absolute atomic E-state index is 13.2. The van der Waals surface area contributed by atoms with E-state index < -0.39 is 0 Å². The van der Waals surface area contributed by atoms with Gasteiger partial charge in [-0.1, -0.05) is 54.6 Å². The number of carbonyl (C=O) groups is 1. The van der Waals surface area contributed by atoms with Crippen molar-refractivity contribution in [3.8, 4) is 0 Å². The summed E-state index contributed by atoms with van der Waals surface area (Å²) in [5, 5.41) is 15.6. The molecule has 0 aromatic heterocycles. The summed E-state index contributed by atoms with van der Waals surface area (Å²) in [4.78, 5) is 24.6. The van der Waals surface area contributed by atoms with E-state index in [1.165, 1.54) is 11.1 Å². The molecular weight excluding hydrogens is 448 g/mol. The number of nitrogens with zero attached hydrogens (tertiary/aromatic N) is 2. The average molecular weight is 481 g/mol. The largest absolute Gasteiger partial charge is 0.444 e. The quantitative estimate of drug-likeness (QED) is 0.273. The number of rotatable bonds is 5. The van der Waals surface area contributed by atoms with E-state index in [4.69, 9.17) is 15.3 Å². The van der Waals surface area contributed by atoms with E-state index in [1.54, 1.807) is 0 Å². The average Bonchev–Trinajstić information content (AvgIpc) is 2.93. The molecule has 2 aromatic carbocycles. The summed E-state index contributed by atoms with van der Waals surface area (Å²) in [7, 11) is 0. The van der Waals surface area contributed by atoms with Gasteiger partial charge in [0.05, 0.1) is 6.04 Å². The first-order valence-corrected chi connectivity index (χ1v) is 11.8. The summed E-state index contributed by atoms with van der Waals surface area (Å²) >= 11 is 0. The van der Waals surface area contributed by atoms with Crippen LogP contribution in [0.4, 0.5) is 4.79 Å². The second-order valence-corrected chi connectivity index (χ2v) is 9.04. The van der Waals surface area contributed by atoms with Gasteiger partial charge < -0.3 is 14.5 Å². The zero-order chi connectivity index (χ0) is 24.8. The third-order valence-corrected chi connectivity index (χ3v) is 7.01. The van der Waals surface area contributed by atoms with E-state index in [-0.39, 0.29) is 29.8 Å². The summed E-state index contributed by atoms with van der Waals surface area (Å²) < 4.78 is 6.08. The van der Waals surface area contributed by atoms with E-state index in [0.29, 0.717) is 12.5 Å². The van der Waals surface area contributed by atoms with Gasteiger partial charge in [-0.2, -0.15) is 0 Å². The van der Waals surface area contributed by atoms with Crippen molar-refractivity contribution in [3.63, 3.8) is 0 Å². The molecule has 4 heterocycles. The Labute approximate surface area is 205 Å². The van der Waals surface area contributed by atoms with Crippen molar-refractivity contribution in [3.05, 3.63) is 96.0 Å². The van der Waals surface area contributed by atoms with Crippen molar-refractivity contribution >= 4 is 6.09 Å². The number of carbonyl (C=O) groups excluding carboxylic acids is 1. The summed E-state index contributed by atoms with van der Waals surface area (Å²) in [5.41, 5.74) is 3.70. The Hall–Kier alpha value is -3.33. The smallest absolute Gasteiger partial charge is 0.410 e. The first-order valence-electron chi connectivity index (χ1n) is 11.8. The van der Waals surface area contributed by atoms with Crippen LogP contribution in [-0.2, 0) is 20.9 Å². The van der Waals surface area contributed by atoms with Crippen LogP contribution < -0.4 is 0 Å². The predicted octanol–water partition coefficient (Wildman–Crippen LogP) is 4.86. The number of fused-ring (bicyclic) bond motifs is 4. The fourth-order valence-electron chi connectivity index (χ4n) is 5.10. The molecule has 3 fully saturated rings. The highest BCUT2D eigenvalue weighted by molar-refractivity contribution is 5.70. The molecule has 186 valence electrons. The summed E-state index contributed by atoms with van der Waals surface area (Å²) in [6, 6.07) is 18.8. The number of ether oxygens (including phenoxy) is 1. The predicted molar refractivity (Wildman–Crippen MR) is 130 cm³/mol. The summed E-state index contributed by atoms with van der Waals surface area (Å²) in [6.07, 6.45) is 3.09. The van der Waals surface area contributed by atoms with Crippen LogP contribution in [0, 0.1) is 5.92 Å². The van der Waals surface area contributed by atoms with Gasteiger partial charge in [0.25, 0.3) is 0 Å². The highest BCUT2D eigenvalue weighted by atomic mass is 17.1. The molecule has 4 aliphatic rings. The number of hydrogen-bond acceptors (Lipinski definition) is 7. The van der Waals surface area contributed by atoms with Gasteiger partial charge in [0, 0.05) is 13.1 Å². The molecule has 35 heavy (non-hydrogen) atoms. The summed E-state index contributed by atoms with van der Waals surface area (Å²) in [5.74, 6) is 0.0752. The van der Waals surface area contributed by atoms with Crippen LogP contribution >= 0.6 is 0 Å². The molecule has 0 aliphatic carbocycles. The third kappa shape index (κ3) is 5.67. The van der Waals surface area contributed by atoms with E-state index in [9.17, 15) is 4.79 Å². The molecule has 3 saturated heterocycles. The van der Waals surface area contributed by atoms with Gasteiger partial charge >= 0.3 is 6.09 Å². The lowest BCUT2D eigenvalue weighted by Crippen LogP contribution is -2.53. The normalized spacial score (nSPS) is 24.3. The minimum absolute atomic E-state index is 0.0496. The van der Waals surface area contributed by atoms with Crippen molar-refractivity contribution < 1.29 is 29.8 Å². The second-order valence-electron chi connectivity index (χ2n) is 9.04. The molecule has 0 spiro atoms. The number of piperidine rings is 3. The Morgan fingerprint density at radius 1 is 0.886 bits per heavy atom. The molecule has 1 amide bonds. The van der Waals surface area contributed by atoms with Crippen LogP contribution in [0.1, 0.15) is 35.6 Å². The lowest BCUT2D eigenvalue weighted by molar-refractivity contribution is -0.238. The summed E-state index contributed by atoms with van der Waals surface area (Å²) in [6.45, 7) is 10.1. The highest BCUT2D eigenvalue weighted by Crippen LogP contribution is 2.36. The Balaban J connectivity index is 0.000000314. The third-order valence-electron chi connectivity index (χ3n) is 7.01. The first-order chi connectivity index (χ1) is 17.0. The second kappa shape index (κ2) is 11.4. The molecule has 2 bridgehead atoms. The Morgan fingerprint density at radius 2 is 1.51 bits per heavy atom. The van der Waals surface area contributed by atoms with Crippen molar-refractivity contribution in [2.75, 3.05) is 26.2 Å². The van der Waals surface area contributed by atoms with Gasteiger partial charge in [0.1, 0.15) is 6.10 Å². The topological polar surface area (TPSA) is 91.7 Å². The van der Waals surface area contributed by atoms with Crippen molar-refractivity contribution in [1.82, 2.24) is 9.80 Å². The molecule has 8 heteroatoms. The van der Waals surface area contributed by atoms with Crippen LogP contribution in [0.2, 0.25) is 0 Å². The first kappa shape index (κ1) is 24.8. The van der Waals surface area contributed by atoms with E-state index in [2.05, 4.69) is 64.2 Å². The van der Waals surface area contributed by atoms with E-state index in [1.807, 2.05) is 23.1 Å². The van der Waals surface area contributed by atoms with Gasteiger partial charge in [-0.15, -0.1) is 0 Å². The molecule has 0 saturated carbocycles. The van der Waals surface area contributed by atoms with Gasteiger partial charge in [-0.05, 0) is 68.1 Å². The molecule has 6 rings (SSSR count). The highest BCUT2D eigenvalue weighted by Gasteiger charge is 2.39. The van der Waals surface area contributed by atoms with Crippen molar-refractivity contribution in [2.24, 2.45) is 5.92 Å². The molecule has 2 N–H and O–H groups in total. The van der Waals surface area contributed by atoms with Crippen LogP contribution in [0.15, 0.2) is 79.3 Å². The molecule has 0 unspecified atom stereocenters. The number of amides is 1. The fourth-order valence-corrected chi connectivity index (χ4v) is 5.10. The molecule has 2 aromatic rings. The Bertz CT molecular complexity index is 1020. The minimum atomic E-state index is -0.229. The van der Waals surface area contributed by atoms with Crippen LogP contribution in [-0.4, -0.2) is 58.7 Å². The molecule has 2 atom stereocenters. The van der Waals surface area contributed by atoms with Gasteiger partial charge in [0.2, 0.25) is 11.5 Å². The van der Waals surface area contributed by atoms with Crippen LogP contribution in [0.25, 0.3) is 0 Å². The Morgan fingerprint density at radius 3 is 2.11 bits per heavy atom. The van der Waals surface area contributed by atoms with Gasteiger partial charge in [-0.3, -0.25) is 9.80 Å². The van der Waals surface area contributed by atoms with Crippen LogP contribution in [0.5, 0.6) is 0 Å². The number of hydrogen-bond donors (Lipinski definition) is 2. The fraction of sp³-hybridized carbons (Fsp3) is 0.370. The van der Waals surface area contributed by atoms with Crippen molar-refractivity contribution in [1.29, 1.82) is 0 Å². The lowest BCUT2D eigenvalue weighted by Gasteiger charge is -2.45. The zero-order valence-electron chi connectivity index (χ0n) is 19.7. The maximum atomic E-state index is 13.2. The molecule has 0 radical (unpaired) electrons. The van der Waals surface area contributed by atoms with Crippen LogP contribution in [0.3, 0.4) is 0 Å². The molecule has 4 aliphatic heterocycles. The van der Waals surface area contributed by atoms with Gasteiger partial charge in [0.15, 0.2) is 0 Å². The SMILES string of the molecule is C=C(OO)C(=C)OO.O=C(O[C@H]1CN2CCC1CC2)N1CCc2ccccc2[C@@H]1c1ccccc1. The number of benzene rings is 2. The van der Waals surface area contributed by atoms with E-state index in [0.717, 1.165) is 44.5 Å². The lowest BCUT2D eigenvalue weighted by atomic mass is 9.86. The van der Waals surface area contributed by atoms with Crippen molar-refractivity contribution in [2.45, 2.75) is 31.4 Å². The molecule has 8 nitrogen and oxygen atoms in total. The Kier molecular flexibility index (Phi) is 8.07. The van der Waals surface area contributed by atoms with E-state index >= 15 is 0 Å². The maximum Gasteiger partial charge on any atom is 0.410 e. The zero-order valence-corrected chi connectivity index (χ0v) is 19.7.